The van der Waals surface area contributed by atoms with Crippen LogP contribution < -0.4 is 4.90 Å². The second kappa shape index (κ2) is 6.60. The van der Waals surface area contributed by atoms with Gasteiger partial charge >= 0.3 is 0 Å². The Morgan fingerprint density at radius 2 is 1.58 bits per heavy atom. The van der Waals surface area contributed by atoms with E-state index in [4.69, 9.17) is 0 Å². The summed E-state index contributed by atoms with van der Waals surface area (Å²) in [5, 5.41) is 0. The van der Waals surface area contributed by atoms with Crippen LogP contribution in [0.5, 0.6) is 0 Å². The summed E-state index contributed by atoms with van der Waals surface area (Å²) in [6, 6.07) is 18.8. The minimum Gasteiger partial charge on any atom is -0.363 e. The average molecular weight is 249 g/mol. The van der Waals surface area contributed by atoms with E-state index in [0.717, 1.165) is 18.7 Å². The van der Waals surface area contributed by atoms with Gasteiger partial charge in [0.15, 0.2) is 0 Å². The molecule has 0 radical (unpaired) electrons. The van der Waals surface area contributed by atoms with Crippen molar-refractivity contribution in [2.45, 2.75) is 6.54 Å². The molecule has 0 amide bonds. The first-order valence-corrected chi connectivity index (χ1v) is 6.46. The molecule has 1 heteroatoms. The molecular weight excluding hydrogens is 230 g/mol. The van der Waals surface area contributed by atoms with E-state index < -0.39 is 0 Å². The first-order valence-electron chi connectivity index (χ1n) is 6.46. The van der Waals surface area contributed by atoms with Crippen LogP contribution in [0.4, 0.5) is 5.69 Å². The molecular formula is C18H19N. The Labute approximate surface area is 115 Å². The van der Waals surface area contributed by atoms with Crippen molar-refractivity contribution in [2.75, 3.05) is 11.4 Å². The van der Waals surface area contributed by atoms with Crippen molar-refractivity contribution >= 4 is 11.8 Å². The normalized spacial score (nSPS) is 9.89. The van der Waals surface area contributed by atoms with Crippen molar-refractivity contribution in [1.82, 2.24) is 0 Å². The third kappa shape index (κ3) is 3.35. The van der Waals surface area contributed by atoms with E-state index in [0.29, 0.717) is 0 Å². The van der Waals surface area contributed by atoms with Crippen molar-refractivity contribution in [2.24, 2.45) is 0 Å². The van der Waals surface area contributed by atoms with E-state index in [9.17, 15) is 0 Å². The molecule has 19 heavy (non-hydrogen) atoms. The lowest BCUT2D eigenvalue weighted by atomic mass is 10.1. The highest BCUT2D eigenvalue weighted by Gasteiger charge is 2.08. The molecule has 2 aromatic rings. The van der Waals surface area contributed by atoms with Crippen LogP contribution in [0.25, 0.3) is 6.08 Å². The highest BCUT2D eigenvalue weighted by Crippen LogP contribution is 2.23. The van der Waals surface area contributed by atoms with E-state index >= 15 is 0 Å². The van der Waals surface area contributed by atoms with Crippen molar-refractivity contribution in [3.63, 3.8) is 0 Å². The summed E-state index contributed by atoms with van der Waals surface area (Å²) in [5.41, 5.74) is 3.64. The third-order valence-electron chi connectivity index (χ3n) is 3.06. The van der Waals surface area contributed by atoms with E-state index in [1.165, 1.54) is 11.3 Å². The number of anilines is 1. The topological polar surface area (TPSA) is 3.24 Å². The molecule has 0 spiro atoms. The van der Waals surface area contributed by atoms with Gasteiger partial charge in [-0.25, -0.2) is 0 Å². The maximum Gasteiger partial charge on any atom is 0.0445 e. The molecule has 0 atom stereocenters. The Bertz CT molecular complexity index is 543. The Balaban J connectivity index is 2.29. The van der Waals surface area contributed by atoms with Crippen LogP contribution in [0.15, 0.2) is 73.8 Å². The summed E-state index contributed by atoms with van der Waals surface area (Å²) in [5.74, 6) is 0. The number of hydrogen-bond acceptors (Lipinski definition) is 1. The molecule has 0 N–H and O–H groups in total. The summed E-state index contributed by atoms with van der Waals surface area (Å²) in [6.07, 6.45) is 3.83. The van der Waals surface area contributed by atoms with Gasteiger partial charge in [-0.3, -0.25) is 0 Å². The van der Waals surface area contributed by atoms with Crippen LogP contribution in [0, 0.1) is 0 Å². The SMILES string of the molecule is C=CCN(Cc1ccccc1)c1ccccc1C=C. The standard InChI is InChI=1S/C18H19N/c1-3-14-19(15-16-10-6-5-7-11-16)18-13-9-8-12-17(18)4-2/h3-13H,1-2,14-15H2. The van der Waals surface area contributed by atoms with Gasteiger partial charge in [0.05, 0.1) is 0 Å². The Hall–Kier alpha value is -2.28. The summed E-state index contributed by atoms with van der Waals surface area (Å²) in [4.78, 5) is 2.30. The molecule has 0 heterocycles. The quantitative estimate of drug-likeness (QED) is 0.680. The lowest BCUT2D eigenvalue weighted by Gasteiger charge is -2.25. The molecule has 0 aliphatic heterocycles. The molecule has 0 fully saturated rings. The van der Waals surface area contributed by atoms with Crippen molar-refractivity contribution < 1.29 is 0 Å². The van der Waals surface area contributed by atoms with Crippen LogP contribution in [0.3, 0.4) is 0 Å². The first-order chi connectivity index (χ1) is 9.35. The fourth-order valence-corrected chi connectivity index (χ4v) is 2.16. The van der Waals surface area contributed by atoms with Gasteiger partial charge in [-0.1, -0.05) is 67.3 Å². The second-order valence-corrected chi connectivity index (χ2v) is 4.42. The molecule has 0 aromatic heterocycles. The third-order valence-corrected chi connectivity index (χ3v) is 3.06. The molecule has 0 bridgehead atoms. The van der Waals surface area contributed by atoms with Gasteiger partial charge in [-0.05, 0) is 17.2 Å². The monoisotopic (exact) mass is 249 g/mol. The Morgan fingerprint density at radius 1 is 0.895 bits per heavy atom. The summed E-state index contributed by atoms with van der Waals surface area (Å²) >= 11 is 0. The molecule has 0 unspecified atom stereocenters. The number of para-hydroxylation sites is 1. The van der Waals surface area contributed by atoms with E-state index in [1.807, 2.05) is 24.3 Å². The smallest absolute Gasteiger partial charge is 0.0445 e. The van der Waals surface area contributed by atoms with Crippen molar-refractivity contribution in [1.29, 1.82) is 0 Å². The zero-order chi connectivity index (χ0) is 13.5. The number of hydrogen-bond donors (Lipinski definition) is 0. The average Bonchev–Trinajstić information content (AvgIpc) is 2.48. The first kappa shape index (κ1) is 13.2. The van der Waals surface area contributed by atoms with Crippen LogP contribution in [0.2, 0.25) is 0 Å². The summed E-state index contributed by atoms with van der Waals surface area (Å²) < 4.78 is 0. The van der Waals surface area contributed by atoms with Gasteiger partial charge in [-0.2, -0.15) is 0 Å². The Morgan fingerprint density at radius 3 is 2.26 bits per heavy atom. The van der Waals surface area contributed by atoms with Gasteiger partial charge < -0.3 is 4.90 Å². The van der Waals surface area contributed by atoms with Gasteiger partial charge in [0.25, 0.3) is 0 Å². The van der Waals surface area contributed by atoms with Gasteiger partial charge in [0, 0.05) is 18.8 Å². The molecule has 0 saturated heterocycles. The van der Waals surface area contributed by atoms with Crippen LogP contribution in [-0.4, -0.2) is 6.54 Å². The van der Waals surface area contributed by atoms with Crippen LogP contribution in [-0.2, 0) is 6.54 Å². The number of rotatable bonds is 6. The zero-order valence-corrected chi connectivity index (χ0v) is 11.1. The van der Waals surface area contributed by atoms with Crippen molar-refractivity contribution in [3.05, 3.63) is 85.0 Å². The van der Waals surface area contributed by atoms with E-state index in [2.05, 4.69) is 60.5 Å². The minimum absolute atomic E-state index is 0.819. The van der Waals surface area contributed by atoms with Gasteiger partial charge in [0.1, 0.15) is 0 Å². The fourth-order valence-electron chi connectivity index (χ4n) is 2.16. The van der Waals surface area contributed by atoms with Gasteiger partial charge in [-0.15, -0.1) is 6.58 Å². The maximum absolute atomic E-state index is 3.89. The second-order valence-electron chi connectivity index (χ2n) is 4.42. The van der Waals surface area contributed by atoms with Crippen LogP contribution in [0.1, 0.15) is 11.1 Å². The Kier molecular flexibility index (Phi) is 4.57. The fraction of sp³-hybridized carbons (Fsp3) is 0.111. The lowest BCUT2D eigenvalue weighted by Crippen LogP contribution is -2.23. The minimum atomic E-state index is 0.819. The van der Waals surface area contributed by atoms with Gasteiger partial charge in [0.2, 0.25) is 0 Å². The highest BCUT2D eigenvalue weighted by atomic mass is 15.1. The molecule has 1 nitrogen and oxygen atoms in total. The number of nitrogens with zero attached hydrogens (tertiary/aromatic N) is 1. The lowest BCUT2D eigenvalue weighted by molar-refractivity contribution is 0.867. The summed E-state index contributed by atoms with van der Waals surface area (Å²) in [6.45, 7) is 9.44. The molecule has 0 aliphatic carbocycles. The van der Waals surface area contributed by atoms with Crippen LogP contribution >= 0.6 is 0 Å². The number of benzene rings is 2. The molecule has 2 aromatic carbocycles. The zero-order valence-electron chi connectivity index (χ0n) is 11.1. The molecule has 0 saturated carbocycles. The predicted molar refractivity (Wildman–Crippen MR) is 84.2 cm³/mol. The highest BCUT2D eigenvalue weighted by molar-refractivity contribution is 5.67. The molecule has 2 rings (SSSR count). The predicted octanol–water partition coefficient (Wildman–Crippen LogP) is 4.52. The van der Waals surface area contributed by atoms with Crippen molar-refractivity contribution in [3.8, 4) is 0 Å². The molecule has 96 valence electrons. The van der Waals surface area contributed by atoms with E-state index in [-0.39, 0.29) is 0 Å². The van der Waals surface area contributed by atoms with E-state index in [1.54, 1.807) is 0 Å². The maximum atomic E-state index is 3.89. The molecule has 0 aliphatic rings. The largest absolute Gasteiger partial charge is 0.363 e. The summed E-state index contributed by atoms with van der Waals surface area (Å²) in [7, 11) is 0.